The van der Waals surface area contributed by atoms with Gasteiger partial charge in [-0.05, 0) is 169 Å². The molecule has 4 saturated carbocycles. The molecule has 4 rings (SSSR count). The van der Waals surface area contributed by atoms with Crippen LogP contribution in [0.1, 0.15) is 131 Å². The standard InChI is InChI=1S/C37H72N4O/c1-27(2)11-8-12-28(3)31-13-14-32-35-33(16-18-37(31,32)5)36(4)17-15-30(25-29(36)26-34(35)42)41-24-10-23-40-21-7-6-20-39-22-9-19-38/h27-35,39-42H,6-26,38H2,1-5H3/t28-,29-,30?,31-,32?,33?,34+,35?,36+,37-/m1/s1. The largest absolute Gasteiger partial charge is 0.393 e. The molecule has 4 aliphatic carbocycles. The van der Waals surface area contributed by atoms with Crippen molar-refractivity contribution in [2.75, 3.05) is 39.3 Å². The van der Waals surface area contributed by atoms with E-state index in [0.29, 0.717) is 28.7 Å². The Morgan fingerprint density at radius 1 is 0.738 bits per heavy atom. The molecule has 0 aromatic heterocycles. The van der Waals surface area contributed by atoms with Crippen LogP contribution in [0.5, 0.6) is 0 Å². The van der Waals surface area contributed by atoms with Crippen LogP contribution < -0.4 is 21.7 Å². The van der Waals surface area contributed by atoms with E-state index in [2.05, 4.69) is 50.6 Å². The van der Waals surface area contributed by atoms with Gasteiger partial charge in [0.2, 0.25) is 0 Å². The molecule has 0 spiro atoms. The van der Waals surface area contributed by atoms with Gasteiger partial charge in [0.05, 0.1) is 6.10 Å². The second-order valence-electron chi connectivity index (χ2n) is 16.5. The van der Waals surface area contributed by atoms with Crippen LogP contribution in [0.15, 0.2) is 0 Å². The maximum absolute atomic E-state index is 11.8. The smallest absolute Gasteiger partial charge is 0.0577 e. The molecule has 0 aromatic rings. The Kier molecular flexibility index (Phi) is 13.5. The van der Waals surface area contributed by atoms with Gasteiger partial charge in [0.15, 0.2) is 0 Å². The Hall–Kier alpha value is -0.200. The van der Waals surface area contributed by atoms with E-state index in [9.17, 15) is 5.11 Å². The van der Waals surface area contributed by atoms with Crippen LogP contribution in [0.25, 0.3) is 0 Å². The first kappa shape index (κ1) is 34.7. The number of nitrogens with two attached hydrogens (primary N) is 1. The molecule has 4 unspecified atom stereocenters. The van der Waals surface area contributed by atoms with Gasteiger partial charge in [-0.15, -0.1) is 0 Å². The molecule has 0 heterocycles. The number of unbranched alkanes of at least 4 members (excludes halogenated alkanes) is 1. The highest BCUT2D eigenvalue weighted by atomic mass is 16.3. The fraction of sp³-hybridized carbons (Fsp3) is 1.00. The van der Waals surface area contributed by atoms with Crippen molar-refractivity contribution >= 4 is 0 Å². The van der Waals surface area contributed by atoms with Crippen LogP contribution in [0.2, 0.25) is 0 Å². The Bertz CT molecular complexity index is 777. The fourth-order valence-electron chi connectivity index (χ4n) is 10.9. The van der Waals surface area contributed by atoms with Crippen LogP contribution in [0, 0.1) is 52.3 Å². The molecule has 4 aliphatic rings. The number of aliphatic hydroxyl groups excluding tert-OH is 1. The minimum atomic E-state index is -0.0773. The summed E-state index contributed by atoms with van der Waals surface area (Å²) in [6.45, 7) is 18.9. The van der Waals surface area contributed by atoms with E-state index in [4.69, 9.17) is 5.73 Å². The summed E-state index contributed by atoms with van der Waals surface area (Å²) in [6, 6.07) is 0.642. The number of rotatable bonds is 18. The molecule has 5 heteroatoms. The lowest BCUT2D eigenvalue weighted by atomic mass is 9.43. The molecular weight excluding hydrogens is 516 g/mol. The van der Waals surface area contributed by atoms with Crippen molar-refractivity contribution in [3.05, 3.63) is 0 Å². The van der Waals surface area contributed by atoms with Gasteiger partial charge in [-0.1, -0.05) is 53.9 Å². The summed E-state index contributed by atoms with van der Waals surface area (Å²) < 4.78 is 0. The molecule has 246 valence electrons. The van der Waals surface area contributed by atoms with Crippen LogP contribution in [0.4, 0.5) is 0 Å². The normalized spacial score (nSPS) is 38.7. The molecule has 0 radical (unpaired) electrons. The van der Waals surface area contributed by atoms with Gasteiger partial charge in [-0.3, -0.25) is 0 Å². The van der Waals surface area contributed by atoms with Crippen molar-refractivity contribution in [3.63, 3.8) is 0 Å². The quantitative estimate of drug-likeness (QED) is 0.115. The fourth-order valence-corrected chi connectivity index (χ4v) is 10.9. The van der Waals surface area contributed by atoms with E-state index in [0.717, 1.165) is 81.7 Å². The van der Waals surface area contributed by atoms with Crippen LogP contribution in [-0.4, -0.2) is 56.5 Å². The first-order chi connectivity index (χ1) is 20.2. The van der Waals surface area contributed by atoms with Crippen molar-refractivity contribution in [1.29, 1.82) is 0 Å². The molecule has 4 fully saturated rings. The van der Waals surface area contributed by atoms with E-state index in [1.165, 1.54) is 83.5 Å². The van der Waals surface area contributed by atoms with Crippen molar-refractivity contribution in [2.24, 2.45) is 58.0 Å². The van der Waals surface area contributed by atoms with Crippen LogP contribution in [0.3, 0.4) is 0 Å². The molecule has 6 N–H and O–H groups in total. The average molecular weight is 589 g/mol. The predicted molar refractivity (Wildman–Crippen MR) is 180 cm³/mol. The number of hydrogen-bond acceptors (Lipinski definition) is 5. The summed E-state index contributed by atoms with van der Waals surface area (Å²) in [5.41, 5.74) is 6.43. The molecular formula is C37H72N4O. The molecule has 42 heavy (non-hydrogen) atoms. The lowest BCUT2D eigenvalue weighted by Crippen LogP contribution is -2.59. The van der Waals surface area contributed by atoms with E-state index in [-0.39, 0.29) is 6.10 Å². The number of hydrogen-bond donors (Lipinski definition) is 5. The van der Waals surface area contributed by atoms with Gasteiger partial charge in [-0.2, -0.15) is 0 Å². The predicted octanol–water partition coefficient (Wildman–Crippen LogP) is 6.74. The average Bonchev–Trinajstić information content (AvgIpc) is 3.31. The van der Waals surface area contributed by atoms with Crippen molar-refractivity contribution in [1.82, 2.24) is 16.0 Å². The summed E-state index contributed by atoms with van der Waals surface area (Å²) in [6.07, 6.45) is 19.4. The summed E-state index contributed by atoms with van der Waals surface area (Å²) in [4.78, 5) is 0. The molecule has 5 nitrogen and oxygen atoms in total. The van der Waals surface area contributed by atoms with E-state index in [1.54, 1.807) is 0 Å². The van der Waals surface area contributed by atoms with E-state index < -0.39 is 0 Å². The third-order valence-electron chi connectivity index (χ3n) is 13.4. The number of fused-ring (bicyclic) bond motifs is 5. The highest BCUT2D eigenvalue weighted by Crippen LogP contribution is 2.68. The first-order valence-corrected chi connectivity index (χ1v) is 18.7. The van der Waals surface area contributed by atoms with Crippen LogP contribution in [-0.2, 0) is 0 Å². The highest BCUT2D eigenvalue weighted by molar-refractivity contribution is 5.12. The van der Waals surface area contributed by atoms with Gasteiger partial charge in [-0.25, -0.2) is 0 Å². The molecule has 10 atom stereocenters. The second kappa shape index (κ2) is 16.4. The second-order valence-corrected chi connectivity index (χ2v) is 16.5. The third kappa shape index (κ3) is 8.33. The highest BCUT2D eigenvalue weighted by Gasteiger charge is 2.62. The van der Waals surface area contributed by atoms with E-state index in [1.807, 2.05) is 0 Å². The summed E-state index contributed by atoms with van der Waals surface area (Å²) >= 11 is 0. The first-order valence-electron chi connectivity index (χ1n) is 18.7. The molecule has 0 amide bonds. The van der Waals surface area contributed by atoms with Gasteiger partial charge in [0, 0.05) is 6.04 Å². The Morgan fingerprint density at radius 3 is 2.12 bits per heavy atom. The van der Waals surface area contributed by atoms with Crippen molar-refractivity contribution in [3.8, 4) is 0 Å². The number of nitrogens with one attached hydrogen (secondary N) is 3. The summed E-state index contributed by atoms with van der Waals surface area (Å²) in [5, 5.41) is 22.8. The minimum absolute atomic E-state index is 0.0773. The van der Waals surface area contributed by atoms with Gasteiger partial charge >= 0.3 is 0 Å². The lowest BCUT2D eigenvalue weighted by molar-refractivity contribution is -0.167. The lowest BCUT2D eigenvalue weighted by Gasteiger charge is -2.62. The van der Waals surface area contributed by atoms with Gasteiger partial charge in [0.1, 0.15) is 0 Å². The maximum atomic E-state index is 11.8. The van der Waals surface area contributed by atoms with Gasteiger partial charge < -0.3 is 26.8 Å². The zero-order valence-corrected chi connectivity index (χ0v) is 28.6. The minimum Gasteiger partial charge on any atom is -0.393 e. The summed E-state index contributed by atoms with van der Waals surface area (Å²) in [5.74, 6) is 5.25. The topological polar surface area (TPSA) is 82.3 Å². The monoisotopic (exact) mass is 589 g/mol. The Morgan fingerprint density at radius 2 is 1.40 bits per heavy atom. The number of aliphatic hydroxyl groups is 1. The molecule has 0 bridgehead atoms. The molecule has 0 aliphatic heterocycles. The van der Waals surface area contributed by atoms with Crippen molar-refractivity contribution < 1.29 is 5.11 Å². The zero-order chi connectivity index (χ0) is 30.2. The van der Waals surface area contributed by atoms with Crippen LogP contribution >= 0.6 is 0 Å². The SMILES string of the molecule is CC(C)CCC[C@@H](C)[C@H]1CCC2C3C(CC[C@@]21C)[C@@]1(C)CCC(NCCCNCCCCNCCCN)C[C@@H]1C[C@@H]3O. The Balaban J connectivity index is 1.19. The molecule has 0 aromatic carbocycles. The zero-order valence-electron chi connectivity index (χ0n) is 28.6. The molecule has 0 saturated heterocycles. The third-order valence-corrected chi connectivity index (χ3v) is 13.4. The maximum Gasteiger partial charge on any atom is 0.0577 e. The van der Waals surface area contributed by atoms with Crippen molar-refractivity contribution in [2.45, 2.75) is 143 Å². The van der Waals surface area contributed by atoms with E-state index >= 15 is 0 Å². The Labute approximate surface area is 261 Å². The van der Waals surface area contributed by atoms with Gasteiger partial charge in [0.25, 0.3) is 0 Å². The summed E-state index contributed by atoms with van der Waals surface area (Å²) in [7, 11) is 0.